The van der Waals surface area contributed by atoms with Crippen molar-refractivity contribution in [3.63, 3.8) is 0 Å². The van der Waals surface area contributed by atoms with Crippen LogP contribution >= 0.6 is 12.2 Å². The number of nitrogens with zero attached hydrogens (tertiary/aromatic N) is 3. The maximum absolute atomic E-state index is 5.12. The van der Waals surface area contributed by atoms with Crippen LogP contribution < -0.4 is 5.32 Å². The molecule has 4 nitrogen and oxygen atoms in total. The fraction of sp³-hybridized carbons (Fsp3) is 0.500. The highest BCUT2D eigenvalue weighted by atomic mass is 32.1. The highest BCUT2D eigenvalue weighted by molar-refractivity contribution is 7.80. The minimum atomic E-state index is 0.775. The molecule has 0 unspecified atom stereocenters. The van der Waals surface area contributed by atoms with Gasteiger partial charge in [0.2, 0.25) is 0 Å². The molecule has 13 heavy (non-hydrogen) atoms. The van der Waals surface area contributed by atoms with E-state index >= 15 is 0 Å². The average Bonchev–Trinajstić information content (AvgIpc) is 2.43. The van der Waals surface area contributed by atoms with Crippen molar-refractivity contribution < 1.29 is 0 Å². The lowest BCUT2D eigenvalue weighted by molar-refractivity contribution is 0.169. The van der Waals surface area contributed by atoms with E-state index in [1.165, 1.54) is 0 Å². The molecule has 1 aliphatic heterocycles. The third-order valence-corrected chi connectivity index (χ3v) is 1.91. The highest BCUT2D eigenvalue weighted by Gasteiger charge is 2.22. The highest BCUT2D eigenvalue weighted by Crippen LogP contribution is 2.11. The van der Waals surface area contributed by atoms with E-state index in [1.807, 2.05) is 30.1 Å². The molecule has 1 saturated heterocycles. The minimum Gasteiger partial charge on any atom is -0.356 e. The Kier molecular flexibility index (Phi) is 3.39. The van der Waals surface area contributed by atoms with Crippen molar-refractivity contribution in [1.29, 1.82) is 0 Å². The van der Waals surface area contributed by atoms with Gasteiger partial charge in [-0.3, -0.25) is 10.0 Å². The van der Waals surface area contributed by atoms with E-state index in [9.17, 15) is 0 Å². The summed E-state index contributed by atoms with van der Waals surface area (Å²) >= 11 is 5.12. The Balaban J connectivity index is 2.81. The topological polar surface area (TPSA) is 30.9 Å². The zero-order valence-electron chi connectivity index (χ0n) is 8.11. The van der Waals surface area contributed by atoms with Gasteiger partial charge in [0.05, 0.1) is 11.7 Å². The van der Waals surface area contributed by atoms with Gasteiger partial charge in [0.15, 0.2) is 0 Å². The fourth-order valence-electron chi connectivity index (χ4n) is 1.21. The summed E-state index contributed by atoms with van der Waals surface area (Å²) in [4.78, 5) is 4.71. The third kappa shape index (κ3) is 2.26. The largest absolute Gasteiger partial charge is 0.356 e. The minimum absolute atomic E-state index is 0.775. The molecule has 0 aromatic heterocycles. The quantitative estimate of drug-likeness (QED) is 0.493. The zero-order chi connectivity index (χ0) is 9.84. The molecule has 1 aliphatic rings. The summed E-state index contributed by atoms with van der Waals surface area (Å²) in [6, 6.07) is 0. The van der Waals surface area contributed by atoms with Crippen LogP contribution in [0.2, 0.25) is 0 Å². The van der Waals surface area contributed by atoms with Crippen molar-refractivity contribution in [3.05, 3.63) is 11.9 Å². The monoisotopic (exact) mass is 198 g/mol. The standard InChI is InChI=1S/C8H14N4S/c1-7(13)12-8(4-5-9-2)10-6-11(12)3/h4-5,10H,6H2,1-3H3. The maximum Gasteiger partial charge on any atom is 0.124 e. The molecule has 0 spiro atoms. The Bertz CT molecular complexity index is 259. The van der Waals surface area contributed by atoms with E-state index < -0.39 is 0 Å². The number of nitrogens with one attached hydrogen (secondary N) is 1. The van der Waals surface area contributed by atoms with Crippen molar-refractivity contribution in [1.82, 2.24) is 15.3 Å². The van der Waals surface area contributed by atoms with Crippen LogP contribution in [0.1, 0.15) is 6.92 Å². The summed E-state index contributed by atoms with van der Waals surface area (Å²) in [7, 11) is 3.72. The zero-order valence-corrected chi connectivity index (χ0v) is 8.93. The van der Waals surface area contributed by atoms with Gasteiger partial charge in [-0.25, -0.2) is 0 Å². The molecule has 1 fully saturated rings. The first-order valence-electron chi connectivity index (χ1n) is 4.05. The van der Waals surface area contributed by atoms with Crippen LogP contribution in [0.3, 0.4) is 0 Å². The predicted molar refractivity (Wildman–Crippen MR) is 58.4 cm³/mol. The number of aliphatic imine (C=N–C) groups is 1. The molecule has 1 N–H and O–H groups in total. The molecule has 0 amide bonds. The summed E-state index contributed by atoms with van der Waals surface area (Å²) < 4.78 is 0. The van der Waals surface area contributed by atoms with Gasteiger partial charge in [0.1, 0.15) is 5.82 Å². The molecule has 1 rings (SSSR count). The number of thiocarbonyl (C=S) groups is 1. The molecule has 0 radical (unpaired) electrons. The summed E-state index contributed by atoms with van der Waals surface area (Å²) in [5.74, 6) is 0.973. The van der Waals surface area contributed by atoms with Gasteiger partial charge in [-0.15, -0.1) is 0 Å². The lowest BCUT2D eigenvalue weighted by Crippen LogP contribution is -2.34. The van der Waals surface area contributed by atoms with Crippen molar-refractivity contribution in [2.45, 2.75) is 6.92 Å². The molecule has 0 aromatic carbocycles. The lowest BCUT2D eigenvalue weighted by Gasteiger charge is -2.23. The normalized spacial score (nSPS) is 21.5. The Morgan fingerprint density at radius 1 is 1.69 bits per heavy atom. The van der Waals surface area contributed by atoms with Gasteiger partial charge in [0, 0.05) is 20.3 Å². The van der Waals surface area contributed by atoms with Crippen LogP contribution in [0.5, 0.6) is 0 Å². The molecule has 72 valence electrons. The van der Waals surface area contributed by atoms with Crippen LogP contribution in [0.25, 0.3) is 0 Å². The van der Waals surface area contributed by atoms with Gasteiger partial charge < -0.3 is 5.32 Å². The van der Waals surface area contributed by atoms with Gasteiger partial charge in [-0.1, -0.05) is 12.2 Å². The molecular formula is C8H14N4S. The number of hydrazine groups is 1. The van der Waals surface area contributed by atoms with E-state index in [0.717, 1.165) is 17.5 Å². The van der Waals surface area contributed by atoms with E-state index in [-0.39, 0.29) is 0 Å². The van der Waals surface area contributed by atoms with E-state index in [1.54, 1.807) is 13.3 Å². The Hall–Kier alpha value is -0.940. The third-order valence-electron chi connectivity index (χ3n) is 1.74. The van der Waals surface area contributed by atoms with Crippen molar-refractivity contribution in [2.24, 2.45) is 4.99 Å². The Morgan fingerprint density at radius 2 is 2.38 bits per heavy atom. The van der Waals surface area contributed by atoms with Crippen molar-refractivity contribution in [3.8, 4) is 0 Å². The number of hydrogen-bond donors (Lipinski definition) is 1. The van der Waals surface area contributed by atoms with Crippen LogP contribution in [-0.4, -0.2) is 42.0 Å². The molecule has 0 atom stereocenters. The second-order valence-corrected chi connectivity index (χ2v) is 3.37. The first-order chi connectivity index (χ1) is 6.16. The summed E-state index contributed by atoms with van der Waals surface area (Å²) in [5.41, 5.74) is 0. The van der Waals surface area contributed by atoms with Crippen LogP contribution in [0.4, 0.5) is 0 Å². The maximum atomic E-state index is 5.12. The van der Waals surface area contributed by atoms with E-state index in [4.69, 9.17) is 12.2 Å². The fourth-order valence-corrected chi connectivity index (χ4v) is 1.45. The van der Waals surface area contributed by atoms with Gasteiger partial charge >= 0.3 is 0 Å². The Morgan fingerprint density at radius 3 is 2.92 bits per heavy atom. The molecule has 0 bridgehead atoms. The molecule has 0 saturated carbocycles. The van der Waals surface area contributed by atoms with Crippen molar-refractivity contribution in [2.75, 3.05) is 20.8 Å². The number of allylic oxidation sites excluding steroid dienone is 1. The van der Waals surface area contributed by atoms with E-state index in [0.29, 0.717) is 0 Å². The van der Waals surface area contributed by atoms with Crippen molar-refractivity contribution >= 4 is 23.4 Å². The second-order valence-electron chi connectivity index (χ2n) is 2.78. The average molecular weight is 198 g/mol. The van der Waals surface area contributed by atoms with Crippen LogP contribution in [0.15, 0.2) is 16.9 Å². The van der Waals surface area contributed by atoms with Crippen LogP contribution in [0, 0.1) is 0 Å². The van der Waals surface area contributed by atoms with Gasteiger partial charge in [-0.2, -0.15) is 5.01 Å². The molecule has 0 aliphatic carbocycles. The second kappa shape index (κ2) is 4.34. The first-order valence-corrected chi connectivity index (χ1v) is 4.45. The molecule has 1 heterocycles. The predicted octanol–water partition coefficient (Wildman–Crippen LogP) is 0.585. The lowest BCUT2D eigenvalue weighted by atomic mass is 10.5. The van der Waals surface area contributed by atoms with Gasteiger partial charge in [0.25, 0.3) is 0 Å². The molecule has 0 aromatic rings. The molecular weight excluding hydrogens is 184 g/mol. The van der Waals surface area contributed by atoms with Gasteiger partial charge in [-0.05, 0) is 13.0 Å². The summed E-state index contributed by atoms with van der Waals surface area (Å²) in [6.07, 6.45) is 3.64. The summed E-state index contributed by atoms with van der Waals surface area (Å²) in [6.45, 7) is 2.67. The smallest absolute Gasteiger partial charge is 0.124 e. The Labute approximate surface area is 83.9 Å². The number of hydrogen-bond acceptors (Lipinski definition) is 4. The van der Waals surface area contributed by atoms with E-state index in [2.05, 4.69) is 10.3 Å². The van der Waals surface area contributed by atoms with Crippen LogP contribution in [-0.2, 0) is 0 Å². The number of rotatable bonds is 1. The summed E-state index contributed by atoms with van der Waals surface area (Å²) in [5, 5.41) is 7.16. The first kappa shape index (κ1) is 10.1. The SMILES string of the molecule is CN=CC=C1NCN(C)N1C(C)=S. The molecule has 5 heteroatoms.